The van der Waals surface area contributed by atoms with E-state index >= 15 is 0 Å². The van der Waals surface area contributed by atoms with Crippen LogP contribution in [0.1, 0.15) is 31.9 Å². The fourth-order valence-electron chi connectivity index (χ4n) is 1.99. The first-order valence-corrected chi connectivity index (χ1v) is 6.83. The van der Waals surface area contributed by atoms with E-state index in [2.05, 4.69) is 38.7 Å². The highest BCUT2D eigenvalue weighted by Crippen LogP contribution is 2.30. The Kier molecular flexibility index (Phi) is 4.48. The number of para-hydroxylation sites is 1. The molecule has 0 aromatic heterocycles. The van der Waals surface area contributed by atoms with Gasteiger partial charge >= 0.3 is 0 Å². The van der Waals surface area contributed by atoms with Crippen molar-refractivity contribution in [2.45, 2.75) is 26.2 Å². The van der Waals surface area contributed by atoms with E-state index in [4.69, 9.17) is 4.74 Å². The summed E-state index contributed by atoms with van der Waals surface area (Å²) < 4.78 is 5.81. The smallest absolute Gasteiger partial charge is 0.149 e. The molecular formula is C19H20O. The zero-order chi connectivity index (χ0) is 14.4. The van der Waals surface area contributed by atoms with Crippen molar-refractivity contribution in [2.75, 3.05) is 6.61 Å². The molecule has 0 unspecified atom stereocenters. The third kappa shape index (κ3) is 3.90. The van der Waals surface area contributed by atoms with Crippen LogP contribution in [0.4, 0.5) is 0 Å². The van der Waals surface area contributed by atoms with Gasteiger partial charge in [0.15, 0.2) is 0 Å². The summed E-state index contributed by atoms with van der Waals surface area (Å²) >= 11 is 0. The van der Waals surface area contributed by atoms with Gasteiger partial charge in [-0.1, -0.05) is 69.0 Å². The number of hydrogen-bond acceptors (Lipinski definition) is 1. The van der Waals surface area contributed by atoms with Crippen molar-refractivity contribution in [1.29, 1.82) is 0 Å². The van der Waals surface area contributed by atoms with Gasteiger partial charge in [0.1, 0.15) is 12.4 Å². The van der Waals surface area contributed by atoms with Crippen molar-refractivity contribution in [3.05, 3.63) is 65.7 Å². The van der Waals surface area contributed by atoms with Crippen molar-refractivity contribution in [1.82, 2.24) is 0 Å². The van der Waals surface area contributed by atoms with Crippen LogP contribution in [0.3, 0.4) is 0 Å². The third-order valence-electron chi connectivity index (χ3n) is 3.00. The molecule has 2 aromatic rings. The van der Waals surface area contributed by atoms with Gasteiger partial charge in [0.05, 0.1) is 0 Å². The lowest BCUT2D eigenvalue weighted by Gasteiger charge is -2.22. The van der Waals surface area contributed by atoms with Crippen molar-refractivity contribution >= 4 is 0 Å². The molecular weight excluding hydrogens is 244 g/mol. The Labute approximate surface area is 121 Å². The lowest BCUT2D eigenvalue weighted by atomic mass is 9.86. The largest absolute Gasteiger partial charge is 0.481 e. The molecule has 0 spiro atoms. The number of rotatable bonds is 2. The monoisotopic (exact) mass is 264 g/mol. The minimum absolute atomic E-state index is 0.0729. The van der Waals surface area contributed by atoms with E-state index in [0.29, 0.717) is 6.61 Å². The van der Waals surface area contributed by atoms with Crippen LogP contribution in [0.2, 0.25) is 0 Å². The summed E-state index contributed by atoms with van der Waals surface area (Å²) in [5.41, 5.74) is 2.30. The van der Waals surface area contributed by atoms with Gasteiger partial charge in [0.2, 0.25) is 0 Å². The van der Waals surface area contributed by atoms with Crippen LogP contribution in [-0.4, -0.2) is 6.61 Å². The maximum absolute atomic E-state index is 5.81. The molecule has 20 heavy (non-hydrogen) atoms. The molecule has 0 aliphatic carbocycles. The molecule has 0 aliphatic rings. The van der Waals surface area contributed by atoms with E-state index in [1.54, 1.807) is 0 Å². The normalized spacial score (nSPS) is 10.6. The molecule has 1 heteroatoms. The van der Waals surface area contributed by atoms with Gasteiger partial charge in [0, 0.05) is 5.56 Å². The molecule has 102 valence electrons. The molecule has 0 aliphatic heterocycles. The first-order valence-electron chi connectivity index (χ1n) is 6.83. The standard InChI is InChI=1S/C19H20O/c1-19(2,3)17-13-7-8-14-18(17)20-15-9-12-16-10-5-4-6-11-16/h4-8,10-11,13-14H,15H2,1-3H3. The summed E-state index contributed by atoms with van der Waals surface area (Å²) in [6, 6.07) is 18.1. The summed E-state index contributed by atoms with van der Waals surface area (Å²) in [6.07, 6.45) is 0. The van der Waals surface area contributed by atoms with E-state index in [-0.39, 0.29) is 5.41 Å². The van der Waals surface area contributed by atoms with E-state index in [1.807, 2.05) is 48.5 Å². The van der Waals surface area contributed by atoms with E-state index < -0.39 is 0 Å². The second-order valence-corrected chi connectivity index (χ2v) is 5.70. The van der Waals surface area contributed by atoms with Gasteiger partial charge in [-0.15, -0.1) is 0 Å². The third-order valence-corrected chi connectivity index (χ3v) is 3.00. The molecule has 1 nitrogen and oxygen atoms in total. The van der Waals surface area contributed by atoms with Crippen LogP contribution < -0.4 is 4.74 Å². The first kappa shape index (κ1) is 14.2. The molecule has 0 N–H and O–H groups in total. The van der Waals surface area contributed by atoms with Crippen molar-refractivity contribution in [2.24, 2.45) is 0 Å². The molecule has 0 bridgehead atoms. The summed E-state index contributed by atoms with van der Waals surface area (Å²) in [5, 5.41) is 0. The van der Waals surface area contributed by atoms with E-state index in [9.17, 15) is 0 Å². The van der Waals surface area contributed by atoms with Crippen LogP contribution in [0, 0.1) is 11.8 Å². The highest BCUT2D eigenvalue weighted by Gasteiger charge is 2.17. The average Bonchev–Trinajstić information content (AvgIpc) is 2.44. The Morgan fingerprint density at radius 1 is 0.900 bits per heavy atom. The second-order valence-electron chi connectivity index (χ2n) is 5.70. The Bertz CT molecular complexity index is 609. The van der Waals surface area contributed by atoms with Crippen molar-refractivity contribution in [3.63, 3.8) is 0 Å². The highest BCUT2D eigenvalue weighted by atomic mass is 16.5. The zero-order valence-corrected chi connectivity index (χ0v) is 12.3. The van der Waals surface area contributed by atoms with Gasteiger partial charge in [0.25, 0.3) is 0 Å². The predicted molar refractivity (Wildman–Crippen MR) is 84.0 cm³/mol. The Balaban J connectivity index is 2.04. The van der Waals surface area contributed by atoms with Gasteiger partial charge < -0.3 is 4.74 Å². The SMILES string of the molecule is CC(C)(C)c1ccccc1OCC#Cc1ccccc1. The molecule has 2 aromatic carbocycles. The van der Waals surface area contributed by atoms with Crippen LogP contribution in [-0.2, 0) is 5.41 Å². The van der Waals surface area contributed by atoms with Crippen molar-refractivity contribution in [3.8, 4) is 17.6 Å². The molecule has 0 atom stereocenters. The second kappa shape index (κ2) is 6.30. The average molecular weight is 264 g/mol. The summed E-state index contributed by atoms with van der Waals surface area (Å²) in [4.78, 5) is 0. The molecule has 2 rings (SSSR count). The molecule has 0 amide bonds. The maximum atomic E-state index is 5.81. The Hall–Kier alpha value is -2.20. The van der Waals surface area contributed by atoms with Gasteiger partial charge in [-0.25, -0.2) is 0 Å². The molecule has 0 radical (unpaired) electrons. The topological polar surface area (TPSA) is 9.23 Å². The number of ether oxygens (including phenoxy) is 1. The number of hydrogen-bond donors (Lipinski definition) is 0. The lowest BCUT2D eigenvalue weighted by Crippen LogP contribution is -2.13. The van der Waals surface area contributed by atoms with Gasteiger partial charge in [-0.05, 0) is 29.2 Å². The fourth-order valence-corrected chi connectivity index (χ4v) is 1.99. The Morgan fingerprint density at radius 3 is 2.25 bits per heavy atom. The maximum Gasteiger partial charge on any atom is 0.149 e. The van der Waals surface area contributed by atoms with Crippen molar-refractivity contribution < 1.29 is 4.74 Å². The molecule has 0 heterocycles. The zero-order valence-electron chi connectivity index (χ0n) is 12.3. The Morgan fingerprint density at radius 2 is 1.55 bits per heavy atom. The van der Waals surface area contributed by atoms with E-state index in [0.717, 1.165) is 11.3 Å². The summed E-state index contributed by atoms with van der Waals surface area (Å²) in [7, 11) is 0. The molecule has 0 fully saturated rings. The van der Waals surface area contributed by atoms with Gasteiger partial charge in [-0.3, -0.25) is 0 Å². The minimum atomic E-state index is 0.0729. The minimum Gasteiger partial charge on any atom is -0.481 e. The summed E-state index contributed by atoms with van der Waals surface area (Å²) in [6.45, 7) is 6.96. The molecule has 0 saturated carbocycles. The van der Waals surface area contributed by atoms with Gasteiger partial charge in [-0.2, -0.15) is 0 Å². The molecule has 0 saturated heterocycles. The summed E-state index contributed by atoms with van der Waals surface area (Å²) in [5.74, 6) is 7.07. The fraction of sp³-hybridized carbons (Fsp3) is 0.263. The first-order chi connectivity index (χ1) is 9.57. The van der Waals surface area contributed by atoms with E-state index in [1.165, 1.54) is 5.56 Å². The van der Waals surface area contributed by atoms with Crippen LogP contribution >= 0.6 is 0 Å². The highest BCUT2D eigenvalue weighted by molar-refractivity contribution is 5.39. The van der Waals surface area contributed by atoms with Crippen LogP contribution in [0.25, 0.3) is 0 Å². The van der Waals surface area contributed by atoms with Crippen LogP contribution in [0.15, 0.2) is 54.6 Å². The quantitative estimate of drug-likeness (QED) is 0.730. The van der Waals surface area contributed by atoms with Crippen LogP contribution in [0.5, 0.6) is 5.75 Å². The lowest BCUT2D eigenvalue weighted by molar-refractivity contribution is 0.357. The number of benzene rings is 2. The predicted octanol–water partition coefficient (Wildman–Crippen LogP) is 4.41.